The number of ether oxygens (including phenoxy) is 1. The van der Waals surface area contributed by atoms with Crippen LogP contribution in [0.1, 0.15) is 6.92 Å². The fourth-order valence-electron chi connectivity index (χ4n) is 0.901. The molecular formula is C7H10O2. The minimum Gasteiger partial charge on any atom is -0.465 e. The average Bonchev–Trinajstić information content (AvgIpc) is 2.15. The van der Waals surface area contributed by atoms with Crippen molar-refractivity contribution in [1.82, 2.24) is 0 Å². The second kappa shape index (κ2) is 2.21. The molecule has 50 valence electrons. The van der Waals surface area contributed by atoms with Crippen LogP contribution in [-0.4, -0.2) is 12.6 Å². The molecule has 2 nitrogen and oxygen atoms in total. The molecule has 0 N–H and O–H groups in total. The topological polar surface area (TPSA) is 26.3 Å². The number of rotatable bonds is 1. The summed E-state index contributed by atoms with van der Waals surface area (Å²) in [7, 11) is 0. The predicted octanol–water partition coefficient (Wildman–Crippen LogP) is 0.982. The van der Waals surface area contributed by atoms with Crippen LogP contribution >= 0.6 is 0 Å². The van der Waals surface area contributed by atoms with E-state index < -0.39 is 0 Å². The van der Waals surface area contributed by atoms with Crippen LogP contribution in [-0.2, 0) is 9.53 Å². The molecule has 2 heteroatoms. The van der Waals surface area contributed by atoms with Crippen LogP contribution < -0.4 is 0 Å². The second-order valence-electron chi connectivity index (χ2n) is 2.32. The number of hydrogen-bond donors (Lipinski definition) is 0. The van der Waals surface area contributed by atoms with E-state index in [-0.39, 0.29) is 17.8 Å². The third-order valence-electron chi connectivity index (χ3n) is 1.73. The van der Waals surface area contributed by atoms with Crippen molar-refractivity contribution in [3.05, 3.63) is 12.7 Å². The number of carbonyl (C=O) groups is 1. The van der Waals surface area contributed by atoms with Crippen molar-refractivity contribution in [2.24, 2.45) is 11.8 Å². The summed E-state index contributed by atoms with van der Waals surface area (Å²) in [6.07, 6.45) is 1.77. The molecule has 0 aromatic heterocycles. The lowest BCUT2D eigenvalue weighted by molar-refractivity contribution is -0.140. The summed E-state index contributed by atoms with van der Waals surface area (Å²) in [5.74, 6) is 0.153. The van der Waals surface area contributed by atoms with Gasteiger partial charge in [-0.15, -0.1) is 6.58 Å². The van der Waals surface area contributed by atoms with Gasteiger partial charge in [-0.05, 0) is 0 Å². The van der Waals surface area contributed by atoms with Crippen LogP contribution in [0.15, 0.2) is 12.7 Å². The van der Waals surface area contributed by atoms with Gasteiger partial charge in [0.15, 0.2) is 0 Å². The SMILES string of the molecule is C=CC1COC(=O)C1C. The largest absolute Gasteiger partial charge is 0.465 e. The summed E-state index contributed by atoms with van der Waals surface area (Å²) < 4.78 is 4.76. The summed E-state index contributed by atoms with van der Waals surface area (Å²) in [6, 6.07) is 0. The van der Waals surface area contributed by atoms with E-state index in [1.807, 2.05) is 6.92 Å². The first-order valence-electron chi connectivity index (χ1n) is 3.05. The molecule has 0 aromatic rings. The Kier molecular flexibility index (Phi) is 1.56. The van der Waals surface area contributed by atoms with E-state index in [2.05, 4.69) is 6.58 Å². The van der Waals surface area contributed by atoms with E-state index in [9.17, 15) is 4.79 Å². The summed E-state index contributed by atoms with van der Waals surface area (Å²) in [4.78, 5) is 10.7. The monoisotopic (exact) mass is 126 g/mol. The highest BCUT2D eigenvalue weighted by Gasteiger charge is 2.30. The standard InChI is InChI=1S/C7H10O2/c1-3-6-4-9-7(8)5(6)2/h3,5-6H,1,4H2,2H3. The molecule has 0 spiro atoms. The first kappa shape index (κ1) is 6.33. The molecule has 1 aliphatic rings. The lowest BCUT2D eigenvalue weighted by atomic mass is 9.98. The molecule has 0 bridgehead atoms. The molecule has 1 aliphatic heterocycles. The van der Waals surface area contributed by atoms with Gasteiger partial charge in [0, 0.05) is 5.92 Å². The lowest BCUT2D eigenvalue weighted by Crippen LogP contribution is -2.08. The first-order valence-corrected chi connectivity index (χ1v) is 3.05. The number of hydrogen-bond acceptors (Lipinski definition) is 2. The van der Waals surface area contributed by atoms with Crippen molar-refractivity contribution < 1.29 is 9.53 Å². The van der Waals surface area contributed by atoms with Gasteiger partial charge >= 0.3 is 5.97 Å². The van der Waals surface area contributed by atoms with Gasteiger partial charge in [-0.3, -0.25) is 4.79 Å². The molecule has 0 aromatic carbocycles. The fourth-order valence-corrected chi connectivity index (χ4v) is 0.901. The fraction of sp³-hybridized carbons (Fsp3) is 0.571. The highest BCUT2D eigenvalue weighted by Crippen LogP contribution is 2.21. The summed E-state index contributed by atoms with van der Waals surface area (Å²) in [6.45, 7) is 5.98. The zero-order valence-electron chi connectivity index (χ0n) is 5.46. The average molecular weight is 126 g/mol. The molecule has 1 heterocycles. The van der Waals surface area contributed by atoms with Crippen LogP contribution in [0.2, 0.25) is 0 Å². The highest BCUT2D eigenvalue weighted by molar-refractivity contribution is 5.74. The van der Waals surface area contributed by atoms with Crippen LogP contribution in [0.25, 0.3) is 0 Å². The molecule has 0 aliphatic carbocycles. The molecule has 0 amide bonds. The van der Waals surface area contributed by atoms with E-state index in [1.165, 1.54) is 0 Å². The third-order valence-corrected chi connectivity index (χ3v) is 1.73. The molecular weight excluding hydrogens is 116 g/mol. The molecule has 1 fully saturated rings. The Morgan fingerprint density at radius 2 is 2.56 bits per heavy atom. The molecule has 0 saturated carbocycles. The van der Waals surface area contributed by atoms with Gasteiger partial charge in [-0.25, -0.2) is 0 Å². The van der Waals surface area contributed by atoms with Crippen molar-refractivity contribution in [2.45, 2.75) is 6.92 Å². The normalized spacial score (nSPS) is 34.1. The highest BCUT2D eigenvalue weighted by atomic mass is 16.5. The molecule has 9 heavy (non-hydrogen) atoms. The van der Waals surface area contributed by atoms with Gasteiger partial charge in [0.25, 0.3) is 0 Å². The Hall–Kier alpha value is -0.790. The third kappa shape index (κ3) is 0.969. The van der Waals surface area contributed by atoms with Crippen molar-refractivity contribution in [3.63, 3.8) is 0 Å². The zero-order valence-corrected chi connectivity index (χ0v) is 5.46. The number of cyclic esters (lactones) is 1. The smallest absolute Gasteiger partial charge is 0.309 e. The van der Waals surface area contributed by atoms with E-state index in [4.69, 9.17) is 4.74 Å². The van der Waals surface area contributed by atoms with Gasteiger partial charge in [0.2, 0.25) is 0 Å². The van der Waals surface area contributed by atoms with Crippen molar-refractivity contribution in [3.8, 4) is 0 Å². The van der Waals surface area contributed by atoms with Crippen molar-refractivity contribution in [1.29, 1.82) is 0 Å². The summed E-state index contributed by atoms with van der Waals surface area (Å²) in [5.41, 5.74) is 0. The van der Waals surface area contributed by atoms with Gasteiger partial charge in [-0.1, -0.05) is 13.0 Å². The lowest BCUT2D eigenvalue weighted by Gasteiger charge is -2.00. The van der Waals surface area contributed by atoms with Gasteiger partial charge in [0.1, 0.15) is 0 Å². The van der Waals surface area contributed by atoms with E-state index >= 15 is 0 Å². The van der Waals surface area contributed by atoms with Crippen LogP contribution in [0.3, 0.4) is 0 Å². The quantitative estimate of drug-likeness (QED) is 0.386. The molecule has 1 saturated heterocycles. The van der Waals surface area contributed by atoms with Gasteiger partial charge in [0.05, 0.1) is 12.5 Å². The Morgan fingerprint density at radius 1 is 1.89 bits per heavy atom. The van der Waals surface area contributed by atoms with E-state index in [1.54, 1.807) is 6.08 Å². The van der Waals surface area contributed by atoms with E-state index in [0.717, 1.165) is 0 Å². The number of carbonyl (C=O) groups excluding carboxylic acids is 1. The summed E-state index contributed by atoms with van der Waals surface area (Å²) >= 11 is 0. The minimum atomic E-state index is -0.0973. The first-order chi connectivity index (χ1) is 4.25. The summed E-state index contributed by atoms with van der Waals surface area (Å²) in [5, 5.41) is 0. The maximum atomic E-state index is 10.7. The van der Waals surface area contributed by atoms with Gasteiger partial charge < -0.3 is 4.74 Å². The van der Waals surface area contributed by atoms with Crippen LogP contribution in [0, 0.1) is 11.8 Å². The second-order valence-corrected chi connectivity index (χ2v) is 2.32. The van der Waals surface area contributed by atoms with Crippen LogP contribution in [0.4, 0.5) is 0 Å². The van der Waals surface area contributed by atoms with E-state index in [0.29, 0.717) is 6.61 Å². The molecule has 0 radical (unpaired) electrons. The molecule has 2 atom stereocenters. The Bertz CT molecular complexity index is 140. The van der Waals surface area contributed by atoms with Gasteiger partial charge in [-0.2, -0.15) is 0 Å². The maximum absolute atomic E-state index is 10.7. The minimum absolute atomic E-state index is 0.0162. The molecule has 2 unspecified atom stereocenters. The predicted molar refractivity (Wildman–Crippen MR) is 33.8 cm³/mol. The Balaban J connectivity index is 2.61. The van der Waals surface area contributed by atoms with Crippen molar-refractivity contribution in [2.75, 3.05) is 6.61 Å². The van der Waals surface area contributed by atoms with Crippen molar-refractivity contribution >= 4 is 5.97 Å². The maximum Gasteiger partial charge on any atom is 0.309 e. The zero-order chi connectivity index (χ0) is 6.85. The Morgan fingerprint density at radius 3 is 2.78 bits per heavy atom. The van der Waals surface area contributed by atoms with Crippen LogP contribution in [0.5, 0.6) is 0 Å². The Labute approximate surface area is 54.5 Å². The number of esters is 1. The molecule has 1 rings (SSSR count).